The van der Waals surface area contributed by atoms with E-state index >= 15 is 0 Å². The van der Waals surface area contributed by atoms with Gasteiger partial charge < -0.3 is 19.1 Å². The lowest BCUT2D eigenvalue weighted by Crippen LogP contribution is -2.41. The fourth-order valence-electron chi connectivity index (χ4n) is 4.75. The van der Waals surface area contributed by atoms with Gasteiger partial charge in [-0.3, -0.25) is 9.69 Å². The van der Waals surface area contributed by atoms with Crippen molar-refractivity contribution < 1.29 is 23.4 Å². The van der Waals surface area contributed by atoms with E-state index in [0.717, 1.165) is 35.7 Å². The molecule has 2 atom stereocenters. The van der Waals surface area contributed by atoms with E-state index in [1.165, 1.54) is 6.07 Å². The zero-order valence-corrected chi connectivity index (χ0v) is 20.9. The van der Waals surface area contributed by atoms with Gasteiger partial charge in [-0.1, -0.05) is 26.0 Å². The van der Waals surface area contributed by atoms with Gasteiger partial charge in [0.05, 0.1) is 20.8 Å². The van der Waals surface area contributed by atoms with Crippen molar-refractivity contribution in [3.8, 4) is 11.5 Å². The van der Waals surface area contributed by atoms with Crippen LogP contribution < -0.4 is 9.47 Å². The average molecular weight is 473 g/mol. The molecule has 0 aromatic heterocycles. The third-order valence-corrected chi connectivity index (χ3v) is 6.44. The van der Waals surface area contributed by atoms with Crippen LogP contribution in [0.2, 0.25) is 0 Å². The first kappa shape index (κ1) is 26.0. The molecule has 0 radical (unpaired) electrons. The lowest BCUT2D eigenvalue weighted by atomic mass is 9.88. The quantitative estimate of drug-likeness (QED) is 0.491. The molecule has 0 aliphatic carbocycles. The Morgan fingerprint density at radius 2 is 1.79 bits per heavy atom. The Balaban J connectivity index is 1.84. The normalized spacial score (nSPS) is 18.3. The van der Waals surface area contributed by atoms with E-state index in [0.29, 0.717) is 26.2 Å². The average Bonchev–Trinajstić information content (AvgIpc) is 3.22. The summed E-state index contributed by atoms with van der Waals surface area (Å²) in [6.45, 7) is 7.78. The number of hydrogen-bond donors (Lipinski definition) is 0. The Morgan fingerprint density at radius 3 is 2.38 bits per heavy atom. The summed E-state index contributed by atoms with van der Waals surface area (Å²) in [7, 11) is 4.93. The first-order valence-corrected chi connectivity index (χ1v) is 11.8. The van der Waals surface area contributed by atoms with Crippen LogP contribution in [0.15, 0.2) is 42.5 Å². The lowest BCUT2D eigenvalue weighted by Gasteiger charge is -2.29. The predicted molar refractivity (Wildman–Crippen MR) is 131 cm³/mol. The van der Waals surface area contributed by atoms with Crippen molar-refractivity contribution in [1.82, 2.24) is 9.80 Å². The zero-order valence-electron chi connectivity index (χ0n) is 20.9. The van der Waals surface area contributed by atoms with Crippen molar-refractivity contribution in [2.75, 3.05) is 54.1 Å². The summed E-state index contributed by atoms with van der Waals surface area (Å²) in [4.78, 5) is 17.2. The van der Waals surface area contributed by atoms with Gasteiger partial charge in [-0.15, -0.1) is 0 Å². The number of methoxy groups -OCH3 is 3. The van der Waals surface area contributed by atoms with E-state index in [2.05, 4.69) is 4.90 Å². The van der Waals surface area contributed by atoms with E-state index in [1.807, 2.05) is 43.0 Å². The van der Waals surface area contributed by atoms with Gasteiger partial charge >= 0.3 is 0 Å². The Morgan fingerprint density at radius 1 is 1.09 bits per heavy atom. The monoisotopic (exact) mass is 472 g/mol. The molecule has 2 aromatic carbocycles. The molecule has 7 heteroatoms. The molecule has 1 fully saturated rings. The van der Waals surface area contributed by atoms with Crippen LogP contribution in [-0.2, 0) is 16.1 Å². The smallest absolute Gasteiger partial charge is 0.225 e. The van der Waals surface area contributed by atoms with Crippen molar-refractivity contribution in [3.63, 3.8) is 0 Å². The molecule has 1 heterocycles. The van der Waals surface area contributed by atoms with Gasteiger partial charge in [-0.05, 0) is 41.3 Å². The van der Waals surface area contributed by atoms with Crippen LogP contribution in [0.1, 0.15) is 30.9 Å². The van der Waals surface area contributed by atoms with E-state index in [9.17, 15) is 9.18 Å². The predicted octanol–water partition coefficient (Wildman–Crippen LogP) is 4.19. The summed E-state index contributed by atoms with van der Waals surface area (Å²) >= 11 is 0. The highest BCUT2D eigenvalue weighted by atomic mass is 19.1. The zero-order chi connectivity index (χ0) is 24.7. The SMILES string of the molecule is COCCN(C[C@H]1CN(Cc2cc(OC)cc(OC)c2)C[C@@H]1c1cccc(F)c1)C(=O)C(C)C. The second-order valence-electron chi connectivity index (χ2n) is 9.27. The minimum Gasteiger partial charge on any atom is -0.497 e. The summed E-state index contributed by atoms with van der Waals surface area (Å²) in [5.74, 6) is 1.58. The second kappa shape index (κ2) is 12.2. The molecule has 186 valence electrons. The van der Waals surface area contributed by atoms with E-state index in [4.69, 9.17) is 14.2 Å². The molecule has 2 aromatic rings. The molecule has 0 saturated carbocycles. The lowest BCUT2D eigenvalue weighted by molar-refractivity contribution is -0.135. The number of halogens is 1. The van der Waals surface area contributed by atoms with Crippen LogP contribution in [0.4, 0.5) is 4.39 Å². The number of benzene rings is 2. The maximum absolute atomic E-state index is 14.1. The molecule has 0 bridgehead atoms. The summed E-state index contributed by atoms with van der Waals surface area (Å²) in [5.41, 5.74) is 2.06. The number of ether oxygens (including phenoxy) is 3. The fraction of sp³-hybridized carbons (Fsp3) is 0.519. The molecule has 6 nitrogen and oxygen atoms in total. The molecule has 1 aliphatic heterocycles. The summed E-state index contributed by atoms with van der Waals surface area (Å²) < 4.78 is 30.2. The summed E-state index contributed by atoms with van der Waals surface area (Å²) in [6, 6.07) is 12.7. The molecular weight excluding hydrogens is 435 g/mol. The van der Waals surface area contributed by atoms with Crippen LogP contribution in [0.3, 0.4) is 0 Å². The van der Waals surface area contributed by atoms with Gasteiger partial charge in [0.2, 0.25) is 5.91 Å². The first-order valence-electron chi connectivity index (χ1n) is 11.8. The van der Waals surface area contributed by atoms with Crippen molar-refractivity contribution in [3.05, 3.63) is 59.4 Å². The third kappa shape index (κ3) is 6.70. The topological polar surface area (TPSA) is 51.2 Å². The van der Waals surface area contributed by atoms with Crippen molar-refractivity contribution >= 4 is 5.91 Å². The van der Waals surface area contributed by atoms with Gasteiger partial charge in [-0.25, -0.2) is 4.39 Å². The molecule has 0 spiro atoms. The standard InChI is InChI=1S/C27H37FN2O4/c1-19(2)27(31)30(9-10-32-3)17-22-16-29(18-26(22)21-7-6-8-23(28)13-21)15-20-11-24(33-4)14-25(12-20)34-5/h6-8,11-14,19,22,26H,9-10,15-18H2,1-5H3/t22-,26-/m1/s1. The number of carbonyl (C=O) groups excluding carboxylic acids is 1. The highest BCUT2D eigenvalue weighted by Crippen LogP contribution is 2.35. The minimum atomic E-state index is -0.235. The number of amides is 1. The van der Waals surface area contributed by atoms with Gasteiger partial charge in [0.25, 0.3) is 0 Å². The van der Waals surface area contributed by atoms with Crippen molar-refractivity contribution in [1.29, 1.82) is 0 Å². The Hall–Kier alpha value is -2.64. The second-order valence-corrected chi connectivity index (χ2v) is 9.27. The summed E-state index contributed by atoms with van der Waals surface area (Å²) in [5, 5.41) is 0. The van der Waals surface area contributed by atoms with Crippen LogP contribution in [0, 0.1) is 17.7 Å². The molecule has 0 N–H and O–H groups in total. The van der Waals surface area contributed by atoms with Crippen LogP contribution in [-0.4, -0.2) is 69.8 Å². The maximum Gasteiger partial charge on any atom is 0.225 e. The largest absolute Gasteiger partial charge is 0.497 e. The van der Waals surface area contributed by atoms with E-state index < -0.39 is 0 Å². The van der Waals surface area contributed by atoms with Crippen LogP contribution in [0.25, 0.3) is 0 Å². The van der Waals surface area contributed by atoms with Gasteiger partial charge in [0.1, 0.15) is 17.3 Å². The van der Waals surface area contributed by atoms with Crippen molar-refractivity contribution in [2.45, 2.75) is 26.3 Å². The molecule has 1 aliphatic rings. The number of rotatable bonds is 11. The van der Waals surface area contributed by atoms with Crippen molar-refractivity contribution in [2.24, 2.45) is 11.8 Å². The molecule has 1 amide bonds. The summed E-state index contributed by atoms with van der Waals surface area (Å²) in [6.07, 6.45) is 0. The van der Waals surface area contributed by atoms with Crippen LogP contribution >= 0.6 is 0 Å². The molecule has 3 rings (SSSR count). The number of hydrogen-bond acceptors (Lipinski definition) is 5. The maximum atomic E-state index is 14.1. The number of likely N-dealkylation sites (tertiary alicyclic amines) is 1. The molecule has 1 saturated heterocycles. The van der Waals surface area contributed by atoms with Crippen LogP contribution in [0.5, 0.6) is 11.5 Å². The Bertz CT molecular complexity index is 930. The highest BCUT2D eigenvalue weighted by Gasteiger charge is 2.36. The van der Waals surface area contributed by atoms with Gasteiger partial charge in [0, 0.05) is 57.7 Å². The third-order valence-electron chi connectivity index (χ3n) is 6.44. The van der Waals surface area contributed by atoms with Gasteiger partial charge in [-0.2, -0.15) is 0 Å². The van der Waals surface area contributed by atoms with E-state index in [1.54, 1.807) is 33.5 Å². The Kier molecular flexibility index (Phi) is 9.30. The van der Waals surface area contributed by atoms with Gasteiger partial charge in [0.15, 0.2) is 0 Å². The highest BCUT2D eigenvalue weighted by molar-refractivity contribution is 5.78. The van der Waals surface area contributed by atoms with E-state index in [-0.39, 0.29) is 29.5 Å². The molecular formula is C27H37FN2O4. The minimum absolute atomic E-state index is 0.0915. The fourth-order valence-corrected chi connectivity index (χ4v) is 4.75. The number of carbonyl (C=O) groups is 1. The molecule has 34 heavy (non-hydrogen) atoms. The molecule has 0 unspecified atom stereocenters. The first-order chi connectivity index (χ1) is 16.3. The number of nitrogens with zero attached hydrogens (tertiary/aromatic N) is 2. The Labute approximate surface area is 202 Å².